The molecule has 1 aromatic heterocycles. The molecule has 0 saturated heterocycles. The number of nitrogens with one attached hydrogen (secondary N) is 1. The molecule has 1 amide bonds. The molecule has 0 saturated carbocycles. The molecule has 2 N–H and O–H groups in total. The van der Waals surface area contributed by atoms with Crippen LogP contribution in [0.3, 0.4) is 0 Å². The molecule has 0 aliphatic rings. The number of hydrogen-bond acceptors (Lipinski definition) is 3. The fourth-order valence-electron chi connectivity index (χ4n) is 2.02. The lowest BCUT2D eigenvalue weighted by Gasteiger charge is -2.08. The largest absolute Gasteiger partial charge is 0.478 e. The Morgan fingerprint density at radius 3 is 2.52 bits per heavy atom. The Morgan fingerprint density at radius 2 is 1.90 bits per heavy atom. The molecule has 0 bridgehead atoms. The standard InChI is InChI=1S/C16H17NO3S/c1-4-11-8-13(16(19)20)15(21-11)17-14(18)12-7-9(2)5-6-10(12)3/h5-8H,4H2,1-3H3,(H,17,18)(H,19,20). The van der Waals surface area contributed by atoms with Crippen molar-refractivity contribution in [2.24, 2.45) is 0 Å². The Balaban J connectivity index is 2.33. The van der Waals surface area contributed by atoms with Crippen LogP contribution in [0.25, 0.3) is 0 Å². The van der Waals surface area contributed by atoms with E-state index in [1.807, 2.05) is 32.9 Å². The van der Waals surface area contributed by atoms with Crippen molar-refractivity contribution in [3.05, 3.63) is 51.4 Å². The van der Waals surface area contributed by atoms with Gasteiger partial charge in [0.05, 0.1) is 5.56 Å². The monoisotopic (exact) mass is 303 g/mol. The molecular weight excluding hydrogens is 286 g/mol. The second-order valence-corrected chi connectivity index (χ2v) is 6.02. The molecule has 0 unspecified atom stereocenters. The van der Waals surface area contributed by atoms with E-state index >= 15 is 0 Å². The number of carbonyl (C=O) groups is 2. The summed E-state index contributed by atoms with van der Waals surface area (Å²) < 4.78 is 0. The van der Waals surface area contributed by atoms with Crippen LogP contribution < -0.4 is 5.32 Å². The van der Waals surface area contributed by atoms with Crippen LogP contribution in [0.1, 0.15) is 43.6 Å². The highest BCUT2D eigenvalue weighted by Crippen LogP contribution is 2.29. The van der Waals surface area contributed by atoms with Crippen molar-refractivity contribution in [1.82, 2.24) is 0 Å². The van der Waals surface area contributed by atoms with E-state index in [-0.39, 0.29) is 11.5 Å². The van der Waals surface area contributed by atoms with Crippen molar-refractivity contribution in [2.75, 3.05) is 5.32 Å². The van der Waals surface area contributed by atoms with E-state index in [9.17, 15) is 14.7 Å². The van der Waals surface area contributed by atoms with E-state index in [4.69, 9.17) is 0 Å². The van der Waals surface area contributed by atoms with Crippen molar-refractivity contribution in [2.45, 2.75) is 27.2 Å². The summed E-state index contributed by atoms with van der Waals surface area (Å²) in [6.07, 6.45) is 0.740. The van der Waals surface area contributed by atoms with E-state index in [1.54, 1.807) is 12.1 Å². The molecule has 21 heavy (non-hydrogen) atoms. The Bertz CT molecular complexity index is 704. The van der Waals surface area contributed by atoms with Gasteiger partial charge in [0.1, 0.15) is 5.00 Å². The minimum atomic E-state index is -1.03. The summed E-state index contributed by atoms with van der Waals surface area (Å²) in [4.78, 5) is 24.5. The van der Waals surface area contributed by atoms with Crippen LogP contribution >= 0.6 is 11.3 Å². The molecule has 0 radical (unpaired) electrons. The van der Waals surface area contributed by atoms with Crippen LogP contribution in [0.4, 0.5) is 5.00 Å². The molecule has 0 fully saturated rings. The summed E-state index contributed by atoms with van der Waals surface area (Å²) in [6, 6.07) is 7.24. The number of amides is 1. The van der Waals surface area contributed by atoms with Crippen LogP contribution in [0.2, 0.25) is 0 Å². The first-order valence-corrected chi connectivity index (χ1v) is 7.48. The van der Waals surface area contributed by atoms with Gasteiger partial charge in [-0.3, -0.25) is 4.79 Å². The molecule has 1 heterocycles. The minimum Gasteiger partial charge on any atom is -0.478 e. The molecular formula is C16H17NO3S. The topological polar surface area (TPSA) is 66.4 Å². The number of benzene rings is 1. The first-order chi connectivity index (χ1) is 9.92. The predicted octanol–water partition coefficient (Wildman–Crippen LogP) is 3.88. The minimum absolute atomic E-state index is 0.149. The van der Waals surface area contributed by atoms with Gasteiger partial charge < -0.3 is 10.4 Å². The quantitative estimate of drug-likeness (QED) is 0.900. The summed E-state index contributed by atoms with van der Waals surface area (Å²) in [5, 5.41) is 12.3. The van der Waals surface area contributed by atoms with Gasteiger partial charge in [0.15, 0.2) is 0 Å². The van der Waals surface area contributed by atoms with Gasteiger partial charge in [-0.15, -0.1) is 11.3 Å². The zero-order valence-electron chi connectivity index (χ0n) is 12.2. The lowest BCUT2D eigenvalue weighted by molar-refractivity contribution is 0.0698. The summed E-state index contributed by atoms with van der Waals surface area (Å²) >= 11 is 1.31. The van der Waals surface area contributed by atoms with Gasteiger partial charge in [0.25, 0.3) is 5.91 Å². The van der Waals surface area contributed by atoms with Crippen molar-refractivity contribution in [1.29, 1.82) is 0 Å². The molecule has 0 spiro atoms. The van der Waals surface area contributed by atoms with Crippen LogP contribution in [0.15, 0.2) is 24.3 Å². The zero-order chi connectivity index (χ0) is 15.6. The summed E-state index contributed by atoms with van der Waals surface area (Å²) in [5.41, 5.74) is 2.57. The van der Waals surface area contributed by atoms with E-state index in [2.05, 4.69) is 5.32 Å². The number of carboxylic acid groups (broad SMARTS) is 1. The van der Waals surface area contributed by atoms with E-state index in [1.165, 1.54) is 11.3 Å². The highest BCUT2D eigenvalue weighted by atomic mass is 32.1. The van der Waals surface area contributed by atoms with E-state index in [0.717, 1.165) is 22.4 Å². The normalized spacial score (nSPS) is 10.4. The van der Waals surface area contributed by atoms with Crippen molar-refractivity contribution >= 4 is 28.2 Å². The number of hydrogen-bond donors (Lipinski definition) is 2. The van der Waals surface area contributed by atoms with Gasteiger partial charge >= 0.3 is 5.97 Å². The maximum Gasteiger partial charge on any atom is 0.338 e. The third-order valence-electron chi connectivity index (χ3n) is 3.23. The van der Waals surface area contributed by atoms with Crippen LogP contribution in [-0.4, -0.2) is 17.0 Å². The third-order valence-corrected chi connectivity index (χ3v) is 4.42. The maximum atomic E-state index is 12.4. The molecule has 0 aliphatic carbocycles. The van der Waals surface area contributed by atoms with E-state index in [0.29, 0.717) is 10.6 Å². The fraction of sp³-hybridized carbons (Fsp3) is 0.250. The summed E-state index contributed by atoms with van der Waals surface area (Å²) in [5.74, 6) is -1.30. The first-order valence-electron chi connectivity index (χ1n) is 6.67. The van der Waals surface area contributed by atoms with Crippen molar-refractivity contribution in [3.63, 3.8) is 0 Å². The van der Waals surface area contributed by atoms with E-state index < -0.39 is 5.97 Å². The number of thiophene rings is 1. The molecule has 5 heteroatoms. The van der Waals surface area contributed by atoms with Gasteiger partial charge in [-0.25, -0.2) is 4.79 Å². The molecule has 0 aliphatic heterocycles. The number of aromatic carboxylic acids is 1. The average molecular weight is 303 g/mol. The molecule has 4 nitrogen and oxygen atoms in total. The number of rotatable bonds is 4. The Morgan fingerprint density at radius 1 is 1.19 bits per heavy atom. The van der Waals surface area contributed by atoms with Crippen molar-refractivity contribution in [3.8, 4) is 0 Å². The van der Waals surface area contributed by atoms with Gasteiger partial charge in [-0.2, -0.15) is 0 Å². The second kappa shape index (κ2) is 6.10. The second-order valence-electron chi connectivity index (χ2n) is 4.89. The Kier molecular flexibility index (Phi) is 4.43. The summed E-state index contributed by atoms with van der Waals surface area (Å²) in [7, 11) is 0. The SMILES string of the molecule is CCc1cc(C(=O)O)c(NC(=O)c2cc(C)ccc2C)s1. The lowest BCUT2D eigenvalue weighted by Crippen LogP contribution is -2.14. The third kappa shape index (κ3) is 3.31. The highest BCUT2D eigenvalue weighted by molar-refractivity contribution is 7.16. The first kappa shape index (κ1) is 15.3. The lowest BCUT2D eigenvalue weighted by atomic mass is 10.1. The number of carboxylic acids is 1. The Labute approximate surface area is 127 Å². The number of carbonyl (C=O) groups excluding carboxylic acids is 1. The smallest absolute Gasteiger partial charge is 0.338 e. The van der Waals surface area contributed by atoms with Gasteiger partial charge in [-0.1, -0.05) is 24.6 Å². The number of anilines is 1. The van der Waals surface area contributed by atoms with Gasteiger partial charge in [-0.05, 0) is 38.0 Å². The molecule has 0 atom stereocenters. The predicted molar refractivity (Wildman–Crippen MR) is 84.5 cm³/mol. The Hall–Kier alpha value is -2.14. The zero-order valence-corrected chi connectivity index (χ0v) is 13.0. The van der Waals surface area contributed by atoms with Gasteiger partial charge in [0.2, 0.25) is 0 Å². The van der Waals surface area contributed by atoms with Crippen molar-refractivity contribution < 1.29 is 14.7 Å². The molecule has 110 valence electrons. The number of aryl methyl sites for hydroxylation is 3. The highest BCUT2D eigenvalue weighted by Gasteiger charge is 2.18. The van der Waals surface area contributed by atoms with Crippen LogP contribution in [0.5, 0.6) is 0 Å². The maximum absolute atomic E-state index is 12.4. The fourth-order valence-corrected chi connectivity index (χ4v) is 3.00. The van der Waals surface area contributed by atoms with Crippen LogP contribution in [0, 0.1) is 13.8 Å². The summed E-state index contributed by atoms with van der Waals surface area (Å²) in [6.45, 7) is 5.73. The van der Waals surface area contributed by atoms with Crippen LogP contribution in [-0.2, 0) is 6.42 Å². The molecule has 2 aromatic rings. The molecule has 2 rings (SSSR count). The average Bonchev–Trinajstić information content (AvgIpc) is 2.84. The molecule has 1 aromatic carbocycles. The van der Waals surface area contributed by atoms with Gasteiger partial charge in [0, 0.05) is 10.4 Å².